The van der Waals surface area contributed by atoms with E-state index in [1.165, 1.54) is 0 Å². The third-order valence-corrected chi connectivity index (χ3v) is 2.44. The number of hydrogen-bond donors (Lipinski definition) is 3. The van der Waals surface area contributed by atoms with Gasteiger partial charge in [-0.15, -0.1) is 5.10 Å². The van der Waals surface area contributed by atoms with Crippen molar-refractivity contribution in [2.75, 3.05) is 17.7 Å². The molecule has 2 aromatic rings. The smallest absolute Gasteiger partial charge is 0.293 e. The molecule has 1 amide bonds. The Bertz CT molecular complexity index is 599. The minimum absolute atomic E-state index is 0.00118. The summed E-state index contributed by atoms with van der Waals surface area (Å²) in [5, 5.41) is 9.11. The van der Waals surface area contributed by atoms with Gasteiger partial charge in [0, 0.05) is 5.02 Å². The van der Waals surface area contributed by atoms with Gasteiger partial charge in [-0.1, -0.05) is 11.6 Å². The van der Waals surface area contributed by atoms with Crippen LogP contribution in [0.3, 0.4) is 0 Å². The normalized spacial score (nSPS) is 10.2. The molecule has 1 heterocycles. The molecule has 0 bridgehead atoms. The van der Waals surface area contributed by atoms with E-state index in [9.17, 15) is 4.79 Å². The lowest BCUT2D eigenvalue weighted by molar-refractivity contribution is 0.101. The number of H-pyrrole nitrogens is 1. The third-order valence-electron chi connectivity index (χ3n) is 2.21. The number of ether oxygens (including phenoxy) is 1. The molecule has 1 aromatic carbocycles. The predicted molar refractivity (Wildman–Crippen MR) is 71.4 cm³/mol. The zero-order valence-electron chi connectivity index (χ0n) is 10.1. The molecule has 19 heavy (non-hydrogen) atoms. The Morgan fingerprint density at radius 3 is 3.00 bits per heavy atom. The van der Waals surface area contributed by atoms with Gasteiger partial charge in [-0.05, 0) is 25.1 Å². The van der Waals surface area contributed by atoms with Crippen molar-refractivity contribution in [3.8, 4) is 5.75 Å². The summed E-state index contributed by atoms with van der Waals surface area (Å²) in [6.45, 7) is 2.32. The molecule has 0 atom stereocenters. The highest BCUT2D eigenvalue weighted by molar-refractivity contribution is 6.31. The van der Waals surface area contributed by atoms with Crippen LogP contribution in [-0.2, 0) is 0 Å². The highest BCUT2D eigenvalue weighted by atomic mass is 35.5. The number of anilines is 2. The van der Waals surface area contributed by atoms with Gasteiger partial charge in [0.25, 0.3) is 5.91 Å². The van der Waals surface area contributed by atoms with Crippen molar-refractivity contribution in [3.05, 3.63) is 29.0 Å². The second kappa shape index (κ2) is 5.57. The molecule has 2 rings (SSSR count). The Balaban J connectivity index is 2.22. The van der Waals surface area contributed by atoms with Crippen LogP contribution in [0.25, 0.3) is 0 Å². The van der Waals surface area contributed by atoms with Crippen LogP contribution in [0.2, 0.25) is 5.02 Å². The van der Waals surface area contributed by atoms with Gasteiger partial charge in [0.15, 0.2) is 0 Å². The highest BCUT2D eigenvalue weighted by Gasteiger charge is 2.14. The first kappa shape index (κ1) is 13.2. The number of benzene rings is 1. The van der Waals surface area contributed by atoms with Crippen LogP contribution >= 0.6 is 11.6 Å². The number of nitrogens with one attached hydrogen (secondary N) is 2. The van der Waals surface area contributed by atoms with Gasteiger partial charge < -0.3 is 15.8 Å². The maximum Gasteiger partial charge on any atom is 0.293 e. The van der Waals surface area contributed by atoms with E-state index in [-0.39, 0.29) is 11.8 Å². The first-order valence-corrected chi connectivity index (χ1v) is 5.89. The summed E-state index contributed by atoms with van der Waals surface area (Å²) in [5.74, 6) is 0.0568. The molecule has 0 aliphatic carbocycles. The summed E-state index contributed by atoms with van der Waals surface area (Å²) >= 11 is 5.89. The average Bonchev–Trinajstić information content (AvgIpc) is 2.80. The molecule has 0 aliphatic rings. The average molecular weight is 282 g/mol. The van der Waals surface area contributed by atoms with Crippen molar-refractivity contribution in [3.63, 3.8) is 0 Å². The highest BCUT2D eigenvalue weighted by Crippen LogP contribution is 2.28. The number of nitrogens with zero attached hydrogens (tertiary/aromatic N) is 2. The maximum absolute atomic E-state index is 11.9. The number of nitrogens with two attached hydrogens (primary N) is 1. The summed E-state index contributed by atoms with van der Waals surface area (Å²) in [6.07, 6.45) is 0. The molecular formula is C11H12ClN5O2. The first-order chi connectivity index (χ1) is 9.10. The van der Waals surface area contributed by atoms with E-state index >= 15 is 0 Å². The first-order valence-electron chi connectivity index (χ1n) is 5.51. The van der Waals surface area contributed by atoms with Crippen molar-refractivity contribution in [2.45, 2.75) is 6.92 Å². The third kappa shape index (κ3) is 3.14. The van der Waals surface area contributed by atoms with Gasteiger partial charge in [-0.25, -0.2) is 0 Å². The van der Waals surface area contributed by atoms with Gasteiger partial charge in [0.05, 0.1) is 12.3 Å². The zero-order valence-corrected chi connectivity index (χ0v) is 10.9. The van der Waals surface area contributed by atoms with Crippen LogP contribution in [0, 0.1) is 0 Å². The molecule has 100 valence electrons. The summed E-state index contributed by atoms with van der Waals surface area (Å²) in [5.41, 5.74) is 5.79. The Kier molecular flexibility index (Phi) is 3.86. The number of rotatable bonds is 4. The maximum atomic E-state index is 11.9. The summed E-state index contributed by atoms with van der Waals surface area (Å²) in [7, 11) is 0. The van der Waals surface area contributed by atoms with Gasteiger partial charge in [0.1, 0.15) is 5.75 Å². The molecule has 0 saturated heterocycles. The number of aromatic nitrogens is 3. The fourth-order valence-corrected chi connectivity index (χ4v) is 1.61. The lowest BCUT2D eigenvalue weighted by Gasteiger charge is -2.10. The topological polar surface area (TPSA) is 106 Å². The zero-order chi connectivity index (χ0) is 13.8. The van der Waals surface area contributed by atoms with E-state index < -0.39 is 5.91 Å². The molecule has 4 N–H and O–H groups in total. The SMILES string of the molecule is CCOc1ccc(Cl)cc1NC(=O)c1nc(N)n[nH]1. The molecule has 0 fully saturated rings. The predicted octanol–water partition coefficient (Wildman–Crippen LogP) is 1.69. The lowest BCUT2D eigenvalue weighted by Crippen LogP contribution is -2.14. The summed E-state index contributed by atoms with van der Waals surface area (Å²) < 4.78 is 5.39. The summed E-state index contributed by atoms with van der Waals surface area (Å²) in [4.78, 5) is 15.6. The minimum Gasteiger partial charge on any atom is -0.492 e. The van der Waals surface area contributed by atoms with E-state index in [1.807, 2.05) is 6.92 Å². The van der Waals surface area contributed by atoms with Crippen LogP contribution in [0.1, 0.15) is 17.5 Å². The number of nitrogen functional groups attached to an aromatic ring is 1. The fourth-order valence-electron chi connectivity index (χ4n) is 1.44. The van der Waals surface area contributed by atoms with Gasteiger partial charge >= 0.3 is 0 Å². The van der Waals surface area contributed by atoms with E-state index in [0.717, 1.165) is 0 Å². The van der Waals surface area contributed by atoms with Crippen molar-refractivity contribution < 1.29 is 9.53 Å². The largest absolute Gasteiger partial charge is 0.492 e. The van der Waals surface area contributed by atoms with Crippen molar-refractivity contribution in [2.24, 2.45) is 0 Å². The van der Waals surface area contributed by atoms with Gasteiger partial charge in [-0.2, -0.15) is 4.98 Å². The molecule has 0 aliphatic heterocycles. The minimum atomic E-state index is -0.479. The Morgan fingerprint density at radius 2 is 2.37 bits per heavy atom. The van der Waals surface area contributed by atoms with E-state index in [1.54, 1.807) is 18.2 Å². The van der Waals surface area contributed by atoms with E-state index in [0.29, 0.717) is 23.1 Å². The second-order valence-electron chi connectivity index (χ2n) is 3.57. The molecule has 0 radical (unpaired) electrons. The standard InChI is InChI=1S/C11H12ClN5O2/c1-2-19-8-4-3-6(12)5-7(8)14-10(18)9-15-11(13)17-16-9/h3-5H,2H2,1H3,(H,14,18)(H3,13,15,16,17). The van der Waals surface area contributed by atoms with E-state index in [4.69, 9.17) is 22.1 Å². The van der Waals surface area contributed by atoms with Crippen LogP contribution in [0.4, 0.5) is 11.6 Å². The number of amides is 1. The quantitative estimate of drug-likeness (QED) is 0.791. The number of hydrogen-bond acceptors (Lipinski definition) is 5. The monoisotopic (exact) mass is 281 g/mol. The van der Waals surface area contributed by atoms with Crippen molar-refractivity contribution >= 4 is 29.1 Å². The number of aromatic amines is 1. The Labute approximate surface area is 114 Å². The number of carbonyl (C=O) groups is 1. The summed E-state index contributed by atoms with van der Waals surface area (Å²) in [6, 6.07) is 4.94. The molecule has 0 unspecified atom stereocenters. The van der Waals surface area contributed by atoms with Crippen LogP contribution in [0.5, 0.6) is 5.75 Å². The molecular weight excluding hydrogens is 270 g/mol. The lowest BCUT2D eigenvalue weighted by atomic mass is 10.3. The van der Waals surface area contributed by atoms with E-state index in [2.05, 4.69) is 20.5 Å². The molecule has 7 nitrogen and oxygen atoms in total. The van der Waals surface area contributed by atoms with Crippen LogP contribution in [0.15, 0.2) is 18.2 Å². The van der Waals surface area contributed by atoms with Crippen molar-refractivity contribution in [1.29, 1.82) is 0 Å². The van der Waals surface area contributed by atoms with Crippen molar-refractivity contribution in [1.82, 2.24) is 15.2 Å². The molecule has 1 aromatic heterocycles. The molecule has 0 saturated carbocycles. The molecule has 8 heteroatoms. The van der Waals surface area contributed by atoms with Crippen LogP contribution < -0.4 is 15.8 Å². The second-order valence-corrected chi connectivity index (χ2v) is 4.01. The molecule has 0 spiro atoms. The van der Waals surface area contributed by atoms with Gasteiger partial charge in [0.2, 0.25) is 11.8 Å². The number of halogens is 1. The Hall–Kier alpha value is -2.28. The van der Waals surface area contributed by atoms with Crippen LogP contribution in [-0.4, -0.2) is 27.7 Å². The fraction of sp³-hybridized carbons (Fsp3) is 0.182. The van der Waals surface area contributed by atoms with Gasteiger partial charge in [-0.3, -0.25) is 9.89 Å². The number of carbonyl (C=O) groups excluding carboxylic acids is 1. The Morgan fingerprint density at radius 1 is 1.58 bits per heavy atom.